The zero-order chi connectivity index (χ0) is 11.1. The van der Waals surface area contributed by atoms with E-state index in [0.717, 1.165) is 11.5 Å². The third kappa shape index (κ3) is 4.22. The van der Waals surface area contributed by atoms with E-state index in [1.165, 1.54) is 6.33 Å². The number of ether oxygens (including phenoxy) is 1. The fraction of sp³-hybridized carbons (Fsp3) is 0.625. The van der Waals surface area contributed by atoms with Gasteiger partial charge in [-0.25, -0.2) is 9.78 Å². The first-order valence-corrected chi connectivity index (χ1v) is 5.26. The topological polar surface area (TPSA) is 84.3 Å². The highest BCUT2D eigenvalue weighted by atomic mass is 32.1. The molecular formula is C8H13N3O3S. The number of nitrogens with zero attached hydrogens (tertiary/aromatic N) is 2. The van der Waals surface area contributed by atoms with E-state index in [1.807, 2.05) is 0 Å². The van der Waals surface area contributed by atoms with E-state index in [-0.39, 0.29) is 0 Å². The van der Waals surface area contributed by atoms with Crippen LogP contribution >= 0.6 is 11.5 Å². The first kappa shape index (κ1) is 11.9. The number of anilines is 1. The van der Waals surface area contributed by atoms with E-state index in [0.29, 0.717) is 24.6 Å². The van der Waals surface area contributed by atoms with Gasteiger partial charge in [-0.15, -0.1) is 0 Å². The van der Waals surface area contributed by atoms with Crippen LogP contribution in [0.3, 0.4) is 0 Å². The highest BCUT2D eigenvalue weighted by Crippen LogP contribution is 2.11. The van der Waals surface area contributed by atoms with Gasteiger partial charge in [0.15, 0.2) is 0 Å². The Morgan fingerprint density at radius 2 is 2.60 bits per heavy atom. The molecule has 0 aliphatic heterocycles. The molecule has 0 saturated carbocycles. The second-order valence-electron chi connectivity index (χ2n) is 2.92. The molecule has 84 valence electrons. The van der Waals surface area contributed by atoms with Crippen LogP contribution in [-0.2, 0) is 9.53 Å². The molecule has 0 aromatic carbocycles. The van der Waals surface area contributed by atoms with Gasteiger partial charge in [-0.2, -0.15) is 4.37 Å². The van der Waals surface area contributed by atoms with E-state index < -0.39 is 12.0 Å². The zero-order valence-corrected chi connectivity index (χ0v) is 9.16. The smallest absolute Gasteiger partial charge is 0.326 e. The molecule has 0 spiro atoms. The summed E-state index contributed by atoms with van der Waals surface area (Å²) in [5, 5.41) is 12.3. The van der Waals surface area contributed by atoms with Crippen molar-refractivity contribution in [1.82, 2.24) is 9.36 Å². The number of methoxy groups -OCH3 is 1. The fourth-order valence-electron chi connectivity index (χ4n) is 1.07. The molecule has 2 N–H and O–H groups in total. The molecule has 0 bridgehead atoms. The maximum absolute atomic E-state index is 10.9. The average molecular weight is 231 g/mol. The van der Waals surface area contributed by atoms with Crippen LogP contribution in [0.4, 0.5) is 5.13 Å². The molecule has 0 radical (unpaired) electrons. The van der Waals surface area contributed by atoms with E-state index in [4.69, 9.17) is 9.84 Å². The molecular weight excluding hydrogens is 218 g/mol. The number of hydrogen-bond donors (Lipinski definition) is 2. The van der Waals surface area contributed by atoms with E-state index in [1.54, 1.807) is 7.11 Å². The Kier molecular flexibility index (Phi) is 4.99. The molecule has 6 nitrogen and oxygen atoms in total. The summed E-state index contributed by atoms with van der Waals surface area (Å²) in [4.78, 5) is 14.7. The van der Waals surface area contributed by atoms with Crippen molar-refractivity contribution in [3.8, 4) is 0 Å². The first-order chi connectivity index (χ1) is 7.24. The van der Waals surface area contributed by atoms with Crippen molar-refractivity contribution >= 4 is 22.6 Å². The molecule has 1 atom stereocenters. The predicted molar refractivity (Wildman–Crippen MR) is 56.1 cm³/mol. The van der Waals surface area contributed by atoms with Crippen molar-refractivity contribution in [2.24, 2.45) is 0 Å². The zero-order valence-electron chi connectivity index (χ0n) is 8.34. The predicted octanol–water partition coefficient (Wildman–Crippen LogP) is 0.830. The standard InChI is InChI=1S/C8H13N3O3S/c1-14-4-2-3-6(7(12)13)11-8-9-5-10-15-8/h5-6H,2-4H2,1H3,(H,12,13)(H,9,10,11). The Morgan fingerprint density at radius 1 is 1.80 bits per heavy atom. The molecule has 1 aromatic rings. The summed E-state index contributed by atoms with van der Waals surface area (Å²) in [7, 11) is 1.59. The van der Waals surface area contributed by atoms with Crippen molar-refractivity contribution < 1.29 is 14.6 Å². The maximum atomic E-state index is 10.9. The van der Waals surface area contributed by atoms with E-state index >= 15 is 0 Å². The normalized spacial score (nSPS) is 12.3. The Hall–Kier alpha value is -1.21. The second-order valence-corrected chi connectivity index (χ2v) is 3.70. The molecule has 0 saturated heterocycles. The van der Waals surface area contributed by atoms with Gasteiger partial charge in [0.05, 0.1) is 0 Å². The lowest BCUT2D eigenvalue weighted by molar-refractivity contribution is -0.138. The molecule has 7 heteroatoms. The van der Waals surface area contributed by atoms with E-state index in [2.05, 4.69) is 14.7 Å². The number of carboxylic acids is 1. The van der Waals surface area contributed by atoms with Gasteiger partial charge in [-0.3, -0.25) is 0 Å². The Morgan fingerprint density at radius 3 is 3.13 bits per heavy atom. The van der Waals surface area contributed by atoms with Crippen LogP contribution in [0.5, 0.6) is 0 Å². The molecule has 0 aliphatic rings. The number of rotatable bonds is 7. The monoisotopic (exact) mass is 231 g/mol. The van der Waals surface area contributed by atoms with Crippen molar-refractivity contribution in [2.75, 3.05) is 19.0 Å². The molecule has 1 aromatic heterocycles. The van der Waals surface area contributed by atoms with Crippen LogP contribution in [-0.4, -0.2) is 40.2 Å². The van der Waals surface area contributed by atoms with Gasteiger partial charge in [0.1, 0.15) is 12.4 Å². The second kappa shape index (κ2) is 6.31. The molecule has 15 heavy (non-hydrogen) atoms. The lowest BCUT2D eigenvalue weighted by atomic mass is 10.1. The summed E-state index contributed by atoms with van der Waals surface area (Å²) >= 11 is 1.14. The van der Waals surface area contributed by atoms with Gasteiger partial charge in [0, 0.05) is 25.2 Å². The molecule has 1 heterocycles. The molecule has 1 rings (SSSR count). The minimum Gasteiger partial charge on any atom is -0.480 e. The minimum absolute atomic E-state index is 0.503. The third-order valence-electron chi connectivity index (χ3n) is 1.80. The lowest BCUT2D eigenvalue weighted by Crippen LogP contribution is -2.29. The third-order valence-corrected chi connectivity index (χ3v) is 2.39. The van der Waals surface area contributed by atoms with Crippen molar-refractivity contribution in [3.05, 3.63) is 6.33 Å². The van der Waals surface area contributed by atoms with Crippen LogP contribution in [0.15, 0.2) is 6.33 Å². The van der Waals surface area contributed by atoms with Crippen molar-refractivity contribution in [1.29, 1.82) is 0 Å². The summed E-state index contributed by atoms with van der Waals surface area (Å²) < 4.78 is 8.64. The van der Waals surface area contributed by atoms with Gasteiger partial charge in [-0.05, 0) is 12.8 Å². The Labute approximate surface area is 91.5 Å². The number of aromatic nitrogens is 2. The van der Waals surface area contributed by atoms with Crippen LogP contribution in [0.2, 0.25) is 0 Å². The number of aliphatic carboxylic acids is 1. The van der Waals surface area contributed by atoms with Gasteiger partial charge >= 0.3 is 5.97 Å². The lowest BCUT2D eigenvalue weighted by Gasteiger charge is -2.12. The highest BCUT2D eigenvalue weighted by Gasteiger charge is 2.17. The average Bonchev–Trinajstić information content (AvgIpc) is 2.69. The summed E-state index contributed by atoms with van der Waals surface area (Å²) in [5.41, 5.74) is 0. The fourth-order valence-corrected chi connectivity index (χ4v) is 1.56. The Bertz CT molecular complexity index is 291. The molecule has 0 amide bonds. The number of nitrogens with one attached hydrogen (secondary N) is 1. The van der Waals surface area contributed by atoms with Crippen LogP contribution in [0.1, 0.15) is 12.8 Å². The van der Waals surface area contributed by atoms with Gasteiger partial charge in [0.25, 0.3) is 0 Å². The highest BCUT2D eigenvalue weighted by molar-refractivity contribution is 7.09. The number of hydrogen-bond acceptors (Lipinski definition) is 6. The summed E-state index contributed by atoms with van der Waals surface area (Å²) in [6, 6.07) is -0.631. The molecule has 1 unspecified atom stereocenters. The van der Waals surface area contributed by atoms with Gasteiger partial charge in [-0.1, -0.05) is 0 Å². The van der Waals surface area contributed by atoms with Crippen molar-refractivity contribution in [2.45, 2.75) is 18.9 Å². The maximum Gasteiger partial charge on any atom is 0.326 e. The number of carboxylic acid groups (broad SMARTS) is 1. The molecule has 0 fully saturated rings. The quantitative estimate of drug-likeness (QED) is 0.676. The molecule has 0 aliphatic carbocycles. The van der Waals surface area contributed by atoms with Gasteiger partial charge < -0.3 is 15.2 Å². The van der Waals surface area contributed by atoms with Crippen LogP contribution in [0, 0.1) is 0 Å². The van der Waals surface area contributed by atoms with Crippen LogP contribution < -0.4 is 5.32 Å². The van der Waals surface area contributed by atoms with Crippen LogP contribution in [0.25, 0.3) is 0 Å². The largest absolute Gasteiger partial charge is 0.480 e. The summed E-state index contributed by atoms with van der Waals surface area (Å²) in [5.74, 6) is -0.888. The summed E-state index contributed by atoms with van der Waals surface area (Å²) in [6.07, 6.45) is 2.59. The summed E-state index contributed by atoms with van der Waals surface area (Å²) in [6.45, 7) is 0.557. The number of carbonyl (C=O) groups is 1. The van der Waals surface area contributed by atoms with E-state index in [9.17, 15) is 4.79 Å². The Balaban J connectivity index is 2.40. The first-order valence-electron chi connectivity index (χ1n) is 4.49. The SMILES string of the molecule is COCCCC(Nc1ncns1)C(=O)O. The minimum atomic E-state index is -0.888. The van der Waals surface area contributed by atoms with Gasteiger partial charge in [0.2, 0.25) is 5.13 Å². The van der Waals surface area contributed by atoms with Crippen molar-refractivity contribution in [3.63, 3.8) is 0 Å².